The smallest absolute Gasteiger partial charge is 0.268 e. The Morgan fingerprint density at radius 3 is 2.88 bits per heavy atom. The average Bonchev–Trinajstić information content (AvgIpc) is 3.08. The van der Waals surface area contributed by atoms with Gasteiger partial charge in [0.05, 0.1) is 18.3 Å². The number of benzene rings is 1. The van der Waals surface area contributed by atoms with Crippen molar-refractivity contribution < 1.29 is 4.79 Å². The van der Waals surface area contributed by atoms with Crippen LogP contribution in [0, 0.1) is 19.8 Å². The van der Waals surface area contributed by atoms with E-state index >= 15 is 0 Å². The summed E-state index contributed by atoms with van der Waals surface area (Å²) < 4.78 is 1.32. The Balaban J connectivity index is 1.51. The number of carbonyl (C=O) groups is 1. The van der Waals surface area contributed by atoms with Crippen LogP contribution in [0.4, 0.5) is 5.69 Å². The summed E-state index contributed by atoms with van der Waals surface area (Å²) in [5.74, 6) is 0.453. The van der Waals surface area contributed by atoms with Gasteiger partial charge in [0.1, 0.15) is 0 Å². The maximum absolute atomic E-state index is 12.3. The molecule has 0 bridgehead atoms. The first-order chi connectivity index (χ1) is 12.4. The van der Waals surface area contributed by atoms with Crippen LogP contribution >= 0.6 is 0 Å². The topological polar surface area (TPSA) is 67.2 Å². The zero-order valence-corrected chi connectivity index (χ0v) is 15.7. The standard InChI is InChI=1S/C20H26N4O2/c1-14-4-5-15(2)17(8-14)9-19(25)21-11-16-6-7-24(13-16)18-10-20(26)23(3)22-12-18/h4-5,8,10,12,16H,6-7,9,11,13H2,1-3H3,(H,21,25)/t16-/m0/s1. The van der Waals surface area contributed by atoms with E-state index in [9.17, 15) is 9.59 Å². The Kier molecular flexibility index (Phi) is 5.40. The van der Waals surface area contributed by atoms with Crippen molar-refractivity contribution in [1.29, 1.82) is 0 Å². The Labute approximate surface area is 153 Å². The second-order valence-electron chi connectivity index (χ2n) is 7.19. The maximum atomic E-state index is 12.3. The molecule has 0 unspecified atom stereocenters. The van der Waals surface area contributed by atoms with Gasteiger partial charge in [-0.2, -0.15) is 5.10 Å². The summed E-state index contributed by atoms with van der Waals surface area (Å²) in [4.78, 5) is 26.2. The Hall–Kier alpha value is -2.63. The minimum absolute atomic E-state index is 0.0624. The Bertz CT molecular complexity index is 859. The van der Waals surface area contributed by atoms with E-state index in [0.717, 1.165) is 36.3 Å². The molecule has 1 fully saturated rings. The number of rotatable bonds is 5. The lowest BCUT2D eigenvalue weighted by Crippen LogP contribution is -2.32. The zero-order valence-electron chi connectivity index (χ0n) is 15.7. The Morgan fingerprint density at radius 2 is 2.12 bits per heavy atom. The summed E-state index contributed by atoms with van der Waals surface area (Å²) in [5, 5.41) is 7.14. The van der Waals surface area contributed by atoms with Gasteiger partial charge in [0.15, 0.2) is 0 Å². The fraction of sp³-hybridized carbons (Fsp3) is 0.450. The van der Waals surface area contributed by atoms with Gasteiger partial charge in [-0.05, 0) is 37.3 Å². The van der Waals surface area contributed by atoms with E-state index in [4.69, 9.17) is 0 Å². The van der Waals surface area contributed by atoms with Crippen LogP contribution in [0.3, 0.4) is 0 Å². The molecule has 2 heterocycles. The molecule has 138 valence electrons. The van der Waals surface area contributed by atoms with Gasteiger partial charge in [-0.3, -0.25) is 9.59 Å². The van der Waals surface area contributed by atoms with Crippen LogP contribution in [-0.4, -0.2) is 35.3 Å². The number of nitrogens with one attached hydrogen (secondary N) is 1. The zero-order chi connectivity index (χ0) is 18.7. The molecule has 0 radical (unpaired) electrons. The molecule has 1 aliphatic rings. The molecule has 1 aliphatic heterocycles. The molecule has 1 saturated heterocycles. The van der Waals surface area contributed by atoms with Crippen molar-refractivity contribution in [3.63, 3.8) is 0 Å². The van der Waals surface area contributed by atoms with Crippen LogP contribution in [0.15, 0.2) is 35.3 Å². The summed E-state index contributed by atoms with van der Waals surface area (Å²) in [6.07, 6.45) is 3.14. The molecule has 1 N–H and O–H groups in total. The predicted octanol–water partition coefficient (Wildman–Crippen LogP) is 1.58. The highest BCUT2D eigenvalue weighted by Crippen LogP contribution is 2.21. The van der Waals surface area contributed by atoms with Crippen molar-refractivity contribution in [2.45, 2.75) is 26.7 Å². The lowest BCUT2D eigenvalue weighted by molar-refractivity contribution is -0.120. The number of hydrogen-bond donors (Lipinski definition) is 1. The van der Waals surface area contributed by atoms with E-state index in [1.165, 1.54) is 10.2 Å². The summed E-state index contributed by atoms with van der Waals surface area (Å²) in [6.45, 7) is 6.46. The van der Waals surface area contributed by atoms with E-state index in [1.54, 1.807) is 19.3 Å². The minimum Gasteiger partial charge on any atom is -0.370 e. The second kappa shape index (κ2) is 7.72. The highest BCUT2D eigenvalue weighted by Gasteiger charge is 2.23. The third kappa shape index (κ3) is 4.31. The number of carbonyl (C=O) groups excluding carboxylic acids is 1. The molecular weight excluding hydrogens is 328 g/mol. The monoisotopic (exact) mass is 354 g/mol. The summed E-state index contributed by atoms with van der Waals surface area (Å²) in [7, 11) is 1.64. The van der Waals surface area contributed by atoms with Gasteiger partial charge >= 0.3 is 0 Å². The first kappa shape index (κ1) is 18.2. The fourth-order valence-electron chi connectivity index (χ4n) is 3.35. The third-order valence-corrected chi connectivity index (χ3v) is 5.05. The molecule has 0 saturated carbocycles. The van der Waals surface area contributed by atoms with Crippen LogP contribution in [0.25, 0.3) is 0 Å². The highest BCUT2D eigenvalue weighted by atomic mass is 16.1. The molecular formula is C20H26N4O2. The number of anilines is 1. The summed E-state index contributed by atoms with van der Waals surface area (Å²) in [6, 6.07) is 7.82. The van der Waals surface area contributed by atoms with Gasteiger partial charge in [0.2, 0.25) is 5.91 Å². The Morgan fingerprint density at radius 1 is 1.31 bits per heavy atom. The number of aryl methyl sites for hydroxylation is 3. The van der Waals surface area contributed by atoms with Crippen molar-refractivity contribution in [2.24, 2.45) is 13.0 Å². The molecule has 6 nitrogen and oxygen atoms in total. The molecule has 0 aliphatic carbocycles. The van der Waals surface area contributed by atoms with E-state index in [2.05, 4.69) is 33.5 Å². The lowest BCUT2D eigenvalue weighted by Gasteiger charge is -2.18. The van der Waals surface area contributed by atoms with Crippen LogP contribution < -0.4 is 15.8 Å². The molecule has 1 amide bonds. The first-order valence-electron chi connectivity index (χ1n) is 9.03. The lowest BCUT2D eigenvalue weighted by atomic mass is 10.0. The third-order valence-electron chi connectivity index (χ3n) is 5.05. The van der Waals surface area contributed by atoms with Crippen molar-refractivity contribution in [3.8, 4) is 0 Å². The van der Waals surface area contributed by atoms with E-state index < -0.39 is 0 Å². The summed E-state index contributed by atoms with van der Waals surface area (Å²) >= 11 is 0. The second-order valence-corrected chi connectivity index (χ2v) is 7.19. The van der Waals surface area contributed by atoms with Crippen LogP contribution in [0.5, 0.6) is 0 Å². The van der Waals surface area contributed by atoms with E-state index in [1.807, 2.05) is 13.8 Å². The molecule has 3 rings (SSSR count). The van der Waals surface area contributed by atoms with Gasteiger partial charge < -0.3 is 10.2 Å². The largest absolute Gasteiger partial charge is 0.370 e. The normalized spacial score (nSPS) is 16.7. The van der Waals surface area contributed by atoms with E-state index in [-0.39, 0.29) is 11.5 Å². The molecule has 1 atom stereocenters. The molecule has 1 aromatic carbocycles. The van der Waals surface area contributed by atoms with E-state index in [0.29, 0.717) is 18.9 Å². The number of hydrogen-bond acceptors (Lipinski definition) is 4. The first-order valence-corrected chi connectivity index (χ1v) is 9.03. The highest BCUT2D eigenvalue weighted by molar-refractivity contribution is 5.79. The van der Waals surface area contributed by atoms with Crippen molar-refractivity contribution in [2.75, 3.05) is 24.5 Å². The van der Waals surface area contributed by atoms with Gasteiger partial charge in [0, 0.05) is 32.7 Å². The molecule has 26 heavy (non-hydrogen) atoms. The van der Waals surface area contributed by atoms with Crippen LogP contribution in [0.2, 0.25) is 0 Å². The van der Waals surface area contributed by atoms with Crippen molar-refractivity contribution in [3.05, 3.63) is 57.5 Å². The van der Waals surface area contributed by atoms with Crippen LogP contribution in [0.1, 0.15) is 23.1 Å². The SMILES string of the molecule is Cc1ccc(C)c(CC(=O)NC[C@@H]2CCN(c3cnn(C)c(=O)c3)C2)c1. The molecule has 1 aromatic heterocycles. The number of amides is 1. The minimum atomic E-state index is -0.104. The van der Waals surface area contributed by atoms with Crippen molar-refractivity contribution in [1.82, 2.24) is 15.1 Å². The van der Waals surface area contributed by atoms with Gasteiger partial charge in [0.25, 0.3) is 5.56 Å². The fourth-order valence-corrected chi connectivity index (χ4v) is 3.35. The van der Waals surface area contributed by atoms with Gasteiger partial charge in [-0.25, -0.2) is 4.68 Å². The van der Waals surface area contributed by atoms with Crippen LogP contribution in [-0.2, 0) is 18.3 Å². The van der Waals surface area contributed by atoms with Gasteiger partial charge in [-0.15, -0.1) is 0 Å². The quantitative estimate of drug-likeness (QED) is 0.885. The summed E-state index contributed by atoms with van der Waals surface area (Å²) in [5.41, 5.74) is 4.16. The predicted molar refractivity (Wildman–Crippen MR) is 102 cm³/mol. The maximum Gasteiger partial charge on any atom is 0.268 e. The number of aromatic nitrogens is 2. The number of nitrogens with zero attached hydrogens (tertiary/aromatic N) is 3. The molecule has 6 heteroatoms. The molecule has 0 spiro atoms. The van der Waals surface area contributed by atoms with Gasteiger partial charge in [-0.1, -0.05) is 23.8 Å². The van der Waals surface area contributed by atoms with Crippen molar-refractivity contribution >= 4 is 11.6 Å². The average molecular weight is 354 g/mol. The molecule has 2 aromatic rings.